The van der Waals surface area contributed by atoms with Crippen molar-refractivity contribution in [3.05, 3.63) is 18.2 Å². The summed E-state index contributed by atoms with van der Waals surface area (Å²) < 4.78 is 11.5. The standard InChI is InChI=1S/C10H8N2O3S2/c1-2-5-13-7-3-4-8-9(6-7)16-10(12-8)17-15-14-11/h1,3-4,6H,5,11H2. The van der Waals surface area contributed by atoms with E-state index in [0.29, 0.717) is 10.1 Å². The molecule has 1 heterocycles. The third kappa shape index (κ3) is 3.09. The van der Waals surface area contributed by atoms with Gasteiger partial charge in [-0.1, -0.05) is 5.92 Å². The second kappa shape index (κ2) is 5.86. The molecule has 17 heavy (non-hydrogen) atoms. The van der Waals surface area contributed by atoms with Crippen LogP contribution in [0.25, 0.3) is 10.2 Å². The van der Waals surface area contributed by atoms with Crippen LogP contribution in [-0.4, -0.2) is 11.6 Å². The molecule has 2 N–H and O–H groups in total. The van der Waals surface area contributed by atoms with Crippen LogP contribution in [0.15, 0.2) is 22.5 Å². The average molecular weight is 268 g/mol. The zero-order chi connectivity index (χ0) is 12.1. The number of fused-ring (bicyclic) bond motifs is 1. The van der Waals surface area contributed by atoms with Crippen LogP contribution >= 0.6 is 23.4 Å². The van der Waals surface area contributed by atoms with Gasteiger partial charge in [-0.2, -0.15) is 5.90 Å². The van der Waals surface area contributed by atoms with Gasteiger partial charge in [-0.3, -0.25) is 0 Å². The second-order valence-corrected chi connectivity index (χ2v) is 4.83. The SMILES string of the molecule is C#CCOc1ccc2nc(SOON)sc2c1. The molecule has 0 aliphatic carbocycles. The molecule has 0 atom stereocenters. The molecule has 0 radical (unpaired) electrons. The molecule has 88 valence electrons. The smallest absolute Gasteiger partial charge is 0.181 e. The highest BCUT2D eigenvalue weighted by molar-refractivity contribution is 7.96. The first-order valence-electron chi connectivity index (χ1n) is 4.50. The molecule has 1 aromatic heterocycles. The van der Waals surface area contributed by atoms with Gasteiger partial charge in [0.15, 0.2) is 4.34 Å². The molecule has 0 fully saturated rings. The summed E-state index contributed by atoms with van der Waals surface area (Å²) in [6.45, 7) is 0.246. The number of terminal acetylenes is 1. The average Bonchev–Trinajstić information content (AvgIpc) is 2.75. The van der Waals surface area contributed by atoms with Crippen molar-refractivity contribution in [2.75, 3.05) is 6.61 Å². The van der Waals surface area contributed by atoms with Gasteiger partial charge in [0.1, 0.15) is 24.4 Å². The van der Waals surface area contributed by atoms with E-state index in [-0.39, 0.29) is 6.61 Å². The minimum atomic E-state index is 0.246. The Hall–Kier alpha value is -1.30. The summed E-state index contributed by atoms with van der Waals surface area (Å²) in [5.74, 6) is 7.87. The highest BCUT2D eigenvalue weighted by atomic mass is 32.2. The van der Waals surface area contributed by atoms with Crippen molar-refractivity contribution < 1.29 is 14.1 Å². The van der Waals surface area contributed by atoms with E-state index in [1.54, 1.807) is 0 Å². The van der Waals surface area contributed by atoms with Gasteiger partial charge in [-0.25, -0.2) is 4.98 Å². The first-order valence-corrected chi connectivity index (χ1v) is 6.06. The van der Waals surface area contributed by atoms with Crippen LogP contribution in [0.4, 0.5) is 0 Å². The lowest BCUT2D eigenvalue weighted by Crippen LogP contribution is -1.93. The van der Waals surface area contributed by atoms with Crippen LogP contribution in [0, 0.1) is 12.3 Å². The summed E-state index contributed by atoms with van der Waals surface area (Å²) in [6.07, 6.45) is 5.12. The quantitative estimate of drug-likeness (QED) is 0.388. The van der Waals surface area contributed by atoms with E-state index in [4.69, 9.17) is 17.1 Å². The number of rotatable bonds is 5. The van der Waals surface area contributed by atoms with Gasteiger partial charge >= 0.3 is 0 Å². The third-order valence-corrected chi connectivity index (χ3v) is 3.45. The fraction of sp³-hybridized carbons (Fsp3) is 0.100. The maximum atomic E-state index is 5.31. The van der Waals surface area contributed by atoms with E-state index < -0.39 is 0 Å². The first-order chi connectivity index (χ1) is 8.33. The summed E-state index contributed by atoms with van der Waals surface area (Å²) in [6, 6.07) is 5.54. The Balaban J connectivity index is 2.19. The molecule has 1 aromatic carbocycles. The lowest BCUT2D eigenvalue weighted by Gasteiger charge is -2.00. The number of aromatic nitrogens is 1. The van der Waals surface area contributed by atoms with Crippen LogP contribution in [-0.2, 0) is 9.32 Å². The molecule has 0 aliphatic heterocycles. The maximum absolute atomic E-state index is 5.31. The Labute approximate surface area is 106 Å². The molecule has 0 saturated heterocycles. The van der Waals surface area contributed by atoms with Gasteiger partial charge in [-0.05, 0) is 18.2 Å². The second-order valence-electron chi connectivity index (χ2n) is 2.85. The fourth-order valence-corrected chi connectivity index (χ4v) is 2.63. The van der Waals surface area contributed by atoms with E-state index in [1.807, 2.05) is 18.2 Å². The molecule has 5 nitrogen and oxygen atoms in total. The van der Waals surface area contributed by atoms with E-state index in [0.717, 1.165) is 22.3 Å². The van der Waals surface area contributed by atoms with E-state index in [2.05, 4.69) is 20.2 Å². The normalized spacial score (nSPS) is 10.4. The lowest BCUT2D eigenvalue weighted by molar-refractivity contribution is -0.195. The Morgan fingerprint density at radius 3 is 3.18 bits per heavy atom. The Morgan fingerprint density at radius 2 is 2.41 bits per heavy atom. The van der Waals surface area contributed by atoms with Gasteiger partial charge in [-0.15, -0.1) is 27.1 Å². The number of hydrogen-bond acceptors (Lipinski definition) is 7. The lowest BCUT2D eigenvalue weighted by atomic mass is 10.3. The van der Waals surface area contributed by atoms with Gasteiger partial charge in [0.2, 0.25) is 0 Å². The summed E-state index contributed by atoms with van der Waals surface area (Å²) in [5, 5.41) is 0. The summed E-state index contributed by atoms with van der Waals surface area (Å²) in [7, 11) is 0. The largest absolute Gasteiger partial charge is 0.481 e. The van der Waals surface area contributed by atoms with Crippen molar-refractivity contribution in [2.45, 2.75) is 4.34 Å². The number of nitrogens with two attached hydrogens (primary N) is 1. The van der Waals surface area contributed by atoms with Crippen LogP contribution in [0.2, 0.25) is 0 Å². The molecule has 0 bridgehead atoms. The fourth-order valence-electron chi connectivity index (χ4n) is 1.18. The number of thiazole rings is 1. The van der Waals surface area contributed by atoms with E-state index in [1.165, 1.54) is 11.3 Å². The molecule has 2 rings (SSSR count). The highest BCUT2D eigenvalue weighted by Gasteiger charge is 2.06. The number of hydrogen-bond donors (Lipinski definition) is 1. The van der Waals surface area contributed by atoms with Crippen molar-refractivity contribution in [1.82, 2.24) is 4.98 Å². The topological polar surface area (TPSA) is 66.6 Å². The Morgan fingerprint density at radius 1 is 1.53 bits per heavy atom. The van der Waals surface area contributed by atoms with Crippen LogP contribution in [0.5, 0.6) is 5.75 Å². The molecule has 0 saturated carbocycles. The molecule has 7 heteroatoms. The molecule has 0 spiro atoms. The predicted molar refractivity (Wildman–Crippen MR) is 66.2 cm³/mol. The van der Waals surface area contributed by atoms with Gasteiger partial charge in [0.25, 0.3) is 0 Å². The van der Waals surface area contributed by atoms with Crippen molar-refractivity contribution in [3.8, 4) is 18.1 Å². The zero-order valence-electron chi connectivity index (χ0n) is 8.58. The van der Waals surface area contributed by atoms with Crippen molar-refractivity contribution >= 4 is 33.6 Å². The maximum Gasteiger partial charge on any atom is 0.181 e. The Kier molecular flexibility index (Phi) is 4.19. The van der Waals surface area contributed by atoms with Crippen LogP contribution < -0.4 is 10.6 Å². The van der Waals surface area contributed by atoms with Gasteiger partial charge < -0.3 is 4.74 Å². The van der Waals surface area contributed by atoms with E-state index in [9.17, 15) is 0 Å². The molecule has 2 aromatic rings. The summed E-state index contributed by atoms with van der Waals surface area (Å²) in [4.78, 5) is 8.30. The predicted octanol–water partition coefficient (Wildman–Crippen LogP) is 2.14. The first kappa shape index (κ1) is 12.2. The van der Waals surface area contributed by atoms with Crippen molar-refractivity contribution in [1.29, 1.82) is 0 Å². The highest BCUT2D eigenvalue weighted by Crippen LogP contribution is 2.32. The van der Waals surface area contributed by atoms with Gasteiger partial charge in [0.05, 0.1) is 10.2 Å². The molecular formula is C10H8N2O3S2. The zero-order valence-corrected chi connectivity index (χ0v) is 10.2. The third-order valence-electron chi connectivity index (χ3n) is 1.81. The van der Waals surface area contributed by atoms with Crippen LogP contribution in [0.1, 0.15) is 0 Å². The Bertz CT molecular complexity index is 550. The van der Waals surface area contributed by atoms with Crippen LogP contribution in [0.3, 0.4) is 0 Å². The van der Waals surface area contributed by atoms with Gasteiger partial charge in [0, 0.05) is 0 Å². The molecule has 0 unspecified atom stereocenters. The molecule has 0 amide bonds. The van der Waals surface area contributed by atoms with E-state index >= 15 is 0 Å². The van der Waals surface area contributed by atoms with Crippen molar-refractivity contribution in [2.24, 2.45) is 5.90 Å². The summed E-state index contributed by atoms with van der Waals surface area (Å²) in [5.41, 5.74) is 0.853. The summed E-state index contributed by atoms with van der Waals surface area (Å²) >= 11 is 2.40. The minimum Gasteiger partial charge on any atom is -0.481 e. The number of ether oxygens (including phenoxy) is 1. The monoisotopic (exact) mass is 268 g/mol. The number of nitrogens with zero attached hydrogens (tertiary/aromatic N) is 1. The minimum absolute atomic E-state index is 0.246. The molecular weight excluding hydrogens is 260 g/mol. The number of benzene rings is 1. The molecule has 0 aliphatic rings. The van der Waals surface area contributed by atoms with Crippen molar-refractivity contribution in [3.63, 3.8) is 0 Å².